The molecule has 0 spiro atoms. The summed E-state index contributed by atoms with van der Waals surface area (Å²) in [5, 5.41) is 5.17. The molecule has 0 bridgehead atoms. The second kappa shape index (κ2) is 10.9. The molecule has 2 rings (SSSR count). The lowest BCUT2D eigenvalue weighted by Crippen LogP contribution is -2.63. The Kier molecular flexibility index (Phi) is 8.56. The standard InChI is InChI=1S/C22H31N3O6/c1-4-30-21(29)22(25-19(27)15(3)24-18(26)14(2)23)12-8-11-17(22)20(28)31-13-16-9-6-5-7-10-16/h5-7,9-10,14-15,17H,4,8,11-13,23H2,1-3H3,(H,24,26)(H,25,27)/t14-,15-,17?,22?/m0/s1. The van der Waals surface area contributed by atoms with Gasteiger partial charge in [-0.1, -0.05) is 30.3 Å². The third-order valence-corrected chi connectivity index (χ3v) is 5.32. The van der Waals surface area contributed by atoms with E-state index in [2.05, 4.69) is 10.6 Å². The summed E-state index contributed by atoms with van der Waals surface area (Å²) in [6.07, 6.45) is 1.13. The van der Waals surface area contributed by atoms with Gasteiger partial charge in [0.15, 0.2) is 5.54 Å². The van der Waals surface area contributed by atoms with Gasteiger partial charge in [-0.3, -0.25) is 14.4 Å². The number of benzene rings is 1. The van der Waals surface area contributed by atoms with Gasteiger partial charge in [-0.15, -0.1) is 0 Å². The quantitative estimate of drug-likeness (QED) is 0.490. The van der Waals surface area contributed by atoms with Crippen LogP contribution >= 0.6 is 0 Å². The Hall–Kier alpha value is -2.94. The van der Waals surface area contributed by atoms with Crippen molar-refractivity contribution in [2.45, 2.75) is 64.3 Å². The zero-order valence-electron chi connectivity index (χ0n) is 18.2. The average Bonchev–Trinajstić information content (AvgIpc) is 3.17. The molecule has 9 heteroatoms. The van der Waals surface area contributed by atoms with E-state index >= 15 is 0 Å². The Labute approximate surface area is 182 Å². The van der Waals surface area contributed by atoms with E-state index in [1.165, 1.54) is 13.8 Å². The van der Waals surface area contributed by atoms with Crippen LogP contribution in [-0.2, 0) is 35.3 Å². The topological polar surface area (TPSA) is 137 Å². The molecule has 0 radical (unpaired) electrons. The molecular weight excluding hydrogens is 402 g/mol. The second-order valence-corrected chi connectivity index (χ2v) is 7.74. The SMILES string of the molecule is CCOC(=O)C1(NC(=O)[C@H](C)NC(=O)[C@H](C)N)CCCC1C(=O)OCc1ccccc1. The van der Waals surface area contributed by atoms with Crippen molar-refractivity contribution in [3.05, 3.63) is 35.9 Å². The summed E-state index contributed by atoms with van der Waals surface area (Å²) in [6, 6.07) is 7.43. The summed E-state index contributed by atoms with van der Waals surface area (Å²) < 4.78 is 10.7. The van der Waals surface area contributed by atoms with Crippen LogP contribution in [0.4, 0.5) is 0 Å². The van der Waals surface area contributed by atoms with Gasteiger partial charge in [0.1, 0.15) is 12.6 Å². The van der Waals surface area contributed by atoms with Crippen LogP contribution in [0, 0.1) is 5.92 Å². The van der Waals surface area contributed by atoms with Crippen LogP contribution in [0.2, 0.25) is 0 Å². The molecule has 1 fully saturated rings. The highest BCUT2D eigenvalue weighted by molar-refractivity contribution is 5.96. The fourth-order valence-electron chi connectivity index (χ4n) is 3.60. The summed E-state index contributed by atoms with van der Waals surface area (Å²) in [4.78, 5) is 50.4. The largest absolute Gasteiger partial charge is 0.464 e. The molecule has 2 unspecified atom stereocenters. The van der Waals surface area contributed by atoms with Gasteiger partial charge in [-0.05, 0) is 45.6 Å². The first kappa shape index (κ1) is 24.3. The zero-order valence-corrected chi connectivity index (χ0v) is 18.2. The number of hydrogen-bond acceptors (Lipinski definition) is 7. The lowest BCUT2D eigenvalue weighted by molar-refractivity contribution is -0.164. The fourth-order valence-corrected chi connectivity index (χ4v) is 3.60. The van der Waals surface area contributed by atoms with Crippen molar-refractivity contribution < 1.29 is 28.7 Å². The predicted octanol–water partition coefficient (Wildman–Crippen LogP) is 0.800. The molecule has 1 aromatic rings. The van der Waals surface area contributed by atoms with E-state index < -0.39 is 47.3 Å². The average molecular weight is 434 g/mol. The lowest BCUT2D eigenvalue weighted by Gasteiger charge is -2.33. The molecule has 0 aliphatic heterocycles. The van der Waals surface area contributed by atoms with Gasteiger partial charge in [0.25, 0.3) is 0 Å². The fraction of sp³-hybridized carbons (Fsp3) is 0.545. The summed E-state index contributed by atoms with van der Waals surface area (Å²) >= 11 is 0. The van der Waals surface area contributed by atoms with Crippen molar-refractivity contribution in [1.29, 1.82) is 0 Å². The maximum Gasteiger partial charge on any atom is 0.332 e. The summed E-state index contributed by atoms with van der Waals surface area (Å²) in [5.41, 5.74) is 4.79. The van der Waals surface area contributed by atoms with Crippen LogP contribution in [0.5, 0.6) is 0 Å². The number of nitrogens with one attached hydrogen (secondary N) is 2. The number of rotatable bonds is 9. The lowest BCUT2D eigenvalue weighted by atomic mass is 9.86. The summed E-state index contributed by atoms with van der Waals surface area (Å²) in [5.74, 6) is -3.27. The van der Waals surface area contributed by atoms with Gasteiger partial charge >= 0.3 is 11.9 Å². The maximum atomic E-state index is 12.9. The van der Waals surface area contributed by atoms with E-state index in [9.17, 15) is 19.2 Å². The van der Waals surface area contributed by atoms with Crippen LogP contribution in [0.25, 0.3) is 0 Å². The van der Waals surface area contributed by atoms with E-state index in [-0.39, 0.29) is 19.6 Å². The molecule has 1 aromatic carbocycles. The van der Waals surface area contributed by atoms with Crippen molar-refractivity contribution in [2.24, 2.45) is 11.7 Å². The van der Waals surface area contributed by atoms with Gasteiger partial charge in [-0.25, -0.2) is 4.79 Å². The number of esters is 2. The minimum atomic E-state index is -1.55. The number of carbonyl (C=O) groups is 4. The molecule has 0 heterocycles. The first-order valence-corrected chi connectivity index (χ1v) is 10.5. The van der Waals surface area contributed by atoms with Crippen LogP contribution < -0.4 is 16.4 Å². The highest BCUT2D eigenvalue weighted by Gasteiger charge is 2.55. The molecule has 1 aliphatic rings. The Morgan fingerprint density at radius 3 is 2.42 bits per heavy atom. The number of ether oxygens (including phenoxy) is 2. The van der Waals surface area contributed by atoms with Crippen LogP contribution in [-0.4, -0.2) is 48.0 Å². The number of nitrogens with two attached hydrogens (primary N) is 1. The van der Waals surface area contributed by atoms with E-state index in [0.717, 1.165) is 5.56 Å². The smallest absolute Gasteiger partial charge is 0.332 e. The van der Waals surface area contributed by atoms with E-state index in [0.29, 0.717) is 12.8 Å². The third kappa shape index (κ3) is 6.04. The monoisotopic (exact) mass is 433 g/mol. The number of carbonyl (C=O) groups excluding carboxylic acids is 4. The van der Waals surface area contributed by atoms with Crippen molar-refractivity contribution in [3.63, 3.8) is 0 Å². The van der Waals surface area contributed by atoms with Crippen LogP contribution in [0.3, 0.4) is 0 Å². The van der Waals surface area contributed by atoms with Crippen molar-refractivity contribution in [3.8, 4) is 0 Å². The molecule has 0 saturated heterocycles. The molecule has 4 N–H and O–H groups in total. The van der Waals surface area contributed by atoms with E-state index in [1.807, 2.05) is 30.3 Å². The Bertz CT molecular complexity index is 798. The van der Waals surface area contributed by atoms with Crippen LogP contribution in [0.15, 0.2) is 30.3 Å². The first-order valence-electron chi connectivity index (χ1n) is 10.5. The summed E-state index contributed by atoms with van der Waals surface area (Å²) in [6.45, 7) is 4.78. The molecule has 0 aromatic heterocycles. The molecule has 170 valence electrons. The molecule has 4 atom stereocenters. The Morgan fingerprint density at radius 2 is 1.81 bits per heavy atom. The zero-order chi connectivity index (χ0) is 23.0. The van der Waals surface area contributed by atoms with E-state index in [4.69, 9.17) is 15.2 Å². The molecule has 31 heavy (non-hydrogen) atoms. The normalized spacial score (nSPS) is 22.1. The van der Waals surface area contributed by atoms with Crippen LogP contribution in [0.1, 0.15) is 45.6 Å². The van der Waals surface area contributed by atoms with Crippen molar-refractivity contribution in [1.82, 2.24) is 10.6 Å². The molecule has 2 amide bonds. The van der Waals surface area contributed by atoms with Gasteiger partial charge in [-0.2, -0.15) is 0 Å². The minimum Gasteiger partial charge on any atom is -0.464 e. The second-order valence-electron chi connectivity index (χ2n) is 7.74. The predicted molar refractivity (Wildman–Crippen MR) is 112 cm³/mol. The molecular formula is C22H31N3O6. The third-order valence-electron chi connectivity index (χ3n) is 5.32. The van der Waals surface area contributed by atoms with Gasteiger partial charge in [0.2, 0.25) is 11.8 Å². The minimum absolute atomic E-state index is 0.0594. The molecule has 1 saturated carbocycles. The maximum absolute atomic E-state index is 12.9. The van der Waals surface area contributed by atoms with Crippen molar-refractivity contribution >= 4 is 23.8 Å². The number of hydrogen-bond donors (Lipinski definition) is 3. The Balaban J connectivity index is 2.18. The van der Waals surface area contributed by atoms with Gasteiger partial charge in [0, 0.05) is 0 Å². The first-order chi connectivity index (χ1) is 14.7. The molecule has 1 aliphatic carbocycles. The van der Waals surface area contributed by atoms with Crippen molar-refractivity contribution in [2.75, 3.05) is 6.61 Å². The highest BCUT2D eigenvalue weighted by Crippen LogP contribution is 2.38. The van der Waals surface area contributed by atoms with Gasteiger partial charge in [0.05, 0.1) is 18.6 Å². The molecule has 9 nitrogen and oxygen atoms in total. The van der Waals surface area contributed by atoms with E-state index in [1.54, 1.807) is 6.92 Å². The van der Waals surface area contributed by atoms with Gasteiger partial charge < -0.3 is 25.8 Å². The number of amides is 2. The summed E-state index contributed by atoms with van der Waals surface area (Å²) in [7, 11) is 0. The highest BCUT2D eigenvalue weighted by atomic mass is 16.5. The Morgan fingerprint density at radius 1 is 1.13 bits per heavy atom.